The van der Waals surface area contributed by atoms with E-state index in [1.165, 1.54) is 82.6 Å². The Morgan fingerprint density at radius 3 is 2.22 bits per heavy atom. The molecule has 0 nitrogen and oxygen atoms in total. The monoisotopic (exact) mass is 432 g/mol. The molecule has 0 radical (unpaired) electrons. The highest BCUT2D eigenvalue weighted by Gasteiger charge is 2.19. The van der Waals surface area contributed by atoms with Gasteiger partial charge in [-0.05, 0) is 67.7 Å². The number of aryl methyl sites for hydroxylation is 1. The van der Waals surface area contributed by atoms with Gasteiger partial charge in [0.25, 0.3) is 0 Å². The van der Waals surface area contributed by atoms with Crippen LogP contribution < -0.4 is 0 Å². The molecular weight excluding hydrogens is 391 g/mol. The molecule has 1 saturated carbocycles. The zero-order valence-corrected chi connectivity index (χ0v) is 20.3. The molecule has 1 heteroatoms. The van der Waals surface area contributed by atoms with Crippen LogP contribution in [0.1, 0.15) is 102 Å². The summed E-state index contributed by atoms with van der Waals surface area (Å²) in [5.74, 6) is 7.90. The van der Waals surface area contributed by atoms with Gasteiger partial charge in [0.05, 0.1) is 0 Å². The van der Waals surface area contributed by atoms with Crippen LogP contribution in [0.4, 0.5) is 4.39 Å². The van der Waals surface area contributed by atoms with Crippen molar-refractivity contribution < 1.29 is 4.39 Å². The summed E-state index contributed by atoms with van der Waals surface area (Å²) >= 11 is 0. The van der Waals surface area contributed by atoms with E-state index in [1.54, 1.807) is 6.07 Å². The third-order valence-corrected chi connectivity index (χ3v) is 7.04. The van der Waals surface area contributed by atoms with E-state index in [4.69, 9.17) is 0 Å². The first-order chi connectivity index (χ1) is 15.7. The van der Waals surface area contributed by atoms with Gasteiger partial charge in [-0.25, -0.2) is 4.39 Å². The van der Waals surface area contributed by atoms with Crippen LogP contribution in [0, 0.1) is 29.5 Å². The molecular formula is C31H41F. The first kappa shape index (κ1) is 24.6. The lowest BCUT2D eigenvalue weighted by molar-refractivity contribution is 0.294. The van der Waals surface area contributed by atoms with Gasteiger partial charge in [-0.15, -0.1) is 0 Å². The molecule has 32 heavy (non-hydrogen) atoms. The SMILES string of the molecule is CCCCCCCC1CCC(C#Cc2ccc(-c3ccc(CCCC)cc3)c(F)c2)CC1. The molecule has 0 aromatic heterocycles. The molecule has 2 aromatic carbocycles. The van der Waals surface area contributed by atoms with E-state index in [1.807, 2.05) is 24.3 Å². The van der Waals surface area contributed by atoms with Crippen LogP contribution in [0.3, 0.4) is 0 Å². The summed E-state index contributed by atoms with van der Waals surface area (Å²) in [5, 5.41) is 0. The highest BCUT2D eigenvalue weighted by molar-refractivity contribution is 5.65. The number of halogens is 1. The summed E-state index contributed by atoms with van der Waals surface area (Å²) in [6.07, 6.45) is 16.8. The summed E-state index contributed by atoms with van der Waals surface area (Å²) in [7, 11) is 0. The van der Waals surface area contributed by atoms with Gasteiger partial charge in [0.1, 0.15) is 5.82 Å². The maximum absolute atomic E-state index is 14.8. The highest BCUT2D eigenvalue weighted by Crippen LogP contribution is 2.32. The van der Waals surface area contributed by atoms with E-state index < -0.39 is 0 Å². The van der Waals surface area contributed by atoms with E-state index in [0.717, 1.165) is 23.5 Å². The lowest BCUT2D eigenvalue weighted by Gasteiger charge is -2.25. The maximum Gasteiger partial charge on any atom is 0.132 e. The lowest BCUT2D eigenvalue weighted by atomic mass is 9.80. The van der Waals surface area contributed by atoms with E-state index in [0.29, 0.717) is 11.5 Å². The third kappa shape index (κ3) is 7.81. The average molecular weight is 433 g/mol. The fourth-order valence-corrected chi connectivity index (χ4v) is 4.88. The van der Waals surface area contributed by atoms with Crippen molar-refractivity contribution in [1.29, 1.82) is 0 Å². The van der Waals surface area contributed by atoms with E-state index >= 15 is 0 Å². The number of rotatable bonds is 10. The number of hydrogen-bond acceptors (Lipinski definition) is 0. The summed E-state index contributed by atoms with van der Waals surface area (Å²) in [4.78, 5) is 0. The quantitative estimate of drug-likeness (QED) is 0.259. The van der Waals surface area contributed by atoms with Crippen molar-refractivity contribution in [3.63, 3.8) is 0 Å². The van der Waals surface area contributed by atoms with Crippen LogP contribution in [0.5, 0.6) is 0 Å². The Morgan fingerprint density at radius 1 is 0.812 bits per heavy atom. The third-order valence-electron chi connectivity index (χ3n) is 7.04. The molecule has 0 amide bonds. The van der Waals surface area contributed by atoms with Gasteiger partial charge >= 0.3 is 0 Å². The van der Waals surface area contributed by atoms with Gasteiger partial charge in [-0.1, -0.05) is 101 Å². The topological polar surface area (TPSA) is 0 Å². The zero-order chi connectivity index (χ0) is 22.6. The second kappa shape index (κ2) is 13.5. The second-order valence-electron chi connectivity index (χ2n) is 9.68. The van der Waals surface area contributed by atoms with E-state index in [2.05, 4.69) is 37.8 Å². The fraction of sp³-hybridized carbons (Fsp3) is 0.548. The molecule has 1 aliphatic carbocycles. The molecule has 0 atom stereocenters. The smallest absolute Gasteiger partial charge is 0.132 e. The highest BCUT2D eigenvalue weighted by atomic mass is 19.1. The molecule has 0 unspecified atom stereocenters. The van der Waals surface area contributed by atoms with Crippen LogP contribution >= 0.6 is 0 Å². The second-order valence-corrected chi connectivity index (χ2v) is 9.68. The minimum absolute atomic E-state index is 0.176. The molecule has 0 saturated heterocycles. The minimum Gasteiger partial charge on any atom is -0.206 e. The Balaban J connectivity index is 1.49. The maximum atomic E-state index is 14.8. The van der Waals surface area contributed by atoms with Gasteiger partial charge < -0.3 is 0 Å². The number of hydrogen-bond donors (Lipinski definition) is 0. The Bertz CT molecular complexity index is 860. The zero-order valence-electron chi connectivity index (χ0n) is 20.3. The molecule has 3 rings (SSSR count). The molecule has 172 valence electrons. The lowest BCUT2D eigenvalue weighted by Crippen LogP contribution is -2.13. The van der Waals surface area contributed by atoms with Crippen molar-refractivity contribution in [1.82, 2.24) is 0 Å². The summed E-state index contributed by atoms with van der Waals surface area (Å²) in [6.45, 7) is 4.48. The first-order valence-corrected chi connectivity index (χ1v) is 13.1. The Morgan fingerprint density at radius 2 is 1.53 bits per heavy atom. The van der Waals surface area contributed by atoms with Gasteiger partial charge in [0.2, 0.25) is 0 Å². The van der Waals surface area contributed by atoms with Crippen molar-refractivity contribution >= 4 is 0 Å². The van der Waals surface area contributed by atoms with Crippen LogP contribution in [-0.4, -0.2) is 0 Å². The Hall–Kier alpha value is -2.07. The van der Waals surface area contributed by atoms with Crippen LogP contribution in [0.2, 0.25) is 0 Å². The molecule has 2 aromatic rings. The summed E-state index contributed by atoms with van der Waals surface area (Å²) in [6, 6.07) is 13.8. The number of unbranched alkanes of at least 4 members (excludes halogenated alkanes) is 5. The van der Waals surface area contributed by atoms with Gasteiger partial charge in [-0.3, -0.25) is 0 Å². The van der Waals surface area contributed by atoms with Crippen LogP contribution in [0.25, 0.3) is 11.1 Å². The Kier molecular flexibility index (Phi) is 10.3. The van der Waals surface area contributed by atoms with Crippen LogP contribution in [-0.2, 0) is 6.42 Å². The summed E-state index contributed by atoms with van der Waals surface area (Å²) in [5.41, 5.74) is 3.72. The molecule has 0 aliphatic heterocycles. The normalized spacial score (nSPS) is 18.2. The molecule has 0 spiro atoms. The number of benzene rings is 2. The average Bonchev–Trinajstić information content (AvgIpc) is 2.82. The Labute approximate surface area is 196 Å². The van der Waals surface area contributed by atoms with Crippen molar-refractivity contribution in [2.75, 3.05) is 0 Å². The predicted molar refractivity (Wildman–Crippen MR) is 136 cm³/mol. The first-order valence-electron chi connectivity index (χ1n) is 13.1. The van der Waals surface area contributed by atoms with Gasteiger partial charge in [-0.2, -0.15) is 0 Å². The van der Waals surface area contributed by atoms with Gasteiger partial charge in [0.15, 0.2) is 0 Å². The molecule has 1 fully saturated rings. The summed E-state index contributed by atoms with van der Waals surface area (Å²) < 4.78 is 14.8. The standard InChI is InChI=1S/C31H41F/c1-3-5-7-8-9-11-26-12-14-27(15-13-26)16-17-28-20-23-30(31(32)24-28)29-21-18-25(19-22-29)10-6-4-2/h18-24,26-27H,3-15H2,1-2H3. The fourth-order valence-electron chi connectivity index (χ4n) is 4.88. The van der Waals surface area contributed by atoms with Crippen LogP contribution in [0.15, 0.2) is 42.5 Å². The predicted octanol–water partition coefficient (Wildman–Crippen LogP) is 9.35. The minimum atomic E-state index is -0.176. The van der Waals surface area contributed by atoms with E-state index in [-0.39, 0.29) is 5.82 Å². The van der Waals surface area contributed by atoms with Crippen molar-refractivity contribution in [3.8, 4) is 23.0 Å². The molecule has 1 aliphatic rings. The van der Waals surface area contributed by atoms with Crippen molar-refractivity contribution in [3.05, 3.63) is 59.4 Å². The van der Waals surface area contributed by atoms with E-state index in [9.17, 15) is 4.39 Å². The molecule has 0 heterocycles. The molecule has 0 bridgehead atoms. The van der Waals surface area contributed by atoms with Gasteiger partial charge in [0, 0.05) is 17.0 Å². The van der Waals surface area contributed by atoms with Crippen molar-refractivity contribution in [2.24, 2.45) is 11.8 Å². The largest absolute Gasteiger partial charge is 0.206 e. The van der Waals surface area contributed by atoms with Crippen molar-refractivity contribution in [2.45, 2.75) is 97.3 Å². The molecule has 0 N–H and O–H groups in total.